The fourth-order valence-corrected chi connectivity index (χ4v) is 1.13. The fraction of sp³-hybridized carbons (Fsp3) is 0.545. The average molecular weight is 179 g/mol. The molecular formula is C11H17NO. The summed E-state index contributed by atoms with van der Waals surface area (Å²) in [6, 6.07) is 5.81. The van der Waals surface area contributed by atoms with E-state index in [0.717, 1.165) is 17.8 Å². The molecule has 0 atom stereocenters. The zero-order valence-electron chi connectivity index (χ0n) is 8.54. The number of rotatable bonds is 3. The van der Waals surface area contributed by atoms with Gasteiger partial charge in [-0.3, -0.25) is 4.98 Å². The monoisotopic (exact) mass is 179 g/mol. The van der Waals surface area contributed by atoms with E-state index in [9.17, 15) is 0 Å². The van der Waals surface area contributed by atoms with E-state index in [1.807, 2.05) is 18.2 Å². The van der Waals surface area contributed by atoms with Crippen LogP contribution in [0.2, 0.25) is 0 Å². The van der Waals surface area contributed by atoms with Crippen molar-refractivity contribution in [3.8, 4) is 0 Å². The highest BCUT2D eigenvalue weighted by Gasteiger charge is 2.19. The van der Waals surface area contributed by atoms with Gasteiger partial charge in [0.05, 0.1) is 12.3 Å². The van der Waals surface area contributed by atoms with Gasteiger partial charge in [-0.05, 0) is 18.6 Å². The molecule has 0 spiro atoms. The number of hydrogen-bond acceptors (Lipinski definition) is 2. The van der Waals surface area contributed by atoms with E-state index < -0.39 is 0 Å². The van der Waals surface area contributed by atoms with Crippen molar-refractivity contribution in [2.75, 3.05) is 0 Å². The SMILES string of the molecule is CCC(C)(C)c1cccc(CO)n1. The first-order chi connectivity index (χ1) is 6.10. The molecule has 0 amide bonds. The van der Waals surface area contributed by atoms with Gasteiger partial charge < -0.3 is 5.11 Å². The minimum Gasteiger partial charge on any atom is -0.390 e. The largest absolute Gasteiger partial charge is 0.390 e. The first-order valence-electron chi connectivity index (χ1n) is 4.67. The number of nitrogens with zero attached hydrogens (tertiary/aromatic N) is 1. The van der Waals surface area contributed by atoms with Crippen molar-refractivity contribution in [1.82, 2.24) is 4.98 Å². The number of aliphatic hydroxyl groups is 1. The van der Waals surface area contributed by atoms with Gasteiger partial charge in [0.2, 0.25) is 0 Å². The Kier molecular flexibility index (Phi) is 3.04. The molecule has 2 nitrogen and oxygen atoms in total. The van der Waals surface area contributed by atoms with Gasteiger partial charge in [0.25, 0.3) is 0 Å². The summed E-state index contributed by atoms with van der Waals surface area (Å²) in [5.74, 6) is 0. The predicted octanol–water partition coefficient (Wildman–Crippen LogP) is 2.26. The highest BCUT2D eigenvalue weighted by atomic mass is 16.3. The van der Waals surface area contributed by atoms with Crippen molar-refractivity contribution < 1.29 is 5.11 Å². The van der Waals surface area contributed by atoms with Crippen molar-refractivity contribution >= 4 is 0 Å². The first kappa shape index (κ1) is 10.2. The van der Waals surface area contributed by atoms with Crippen LogP contribution < -0.4 is 0 Å². The van der Waals surface area contributed by atoms with Crippen molar-refractivity contribution in [1.29, 1.82) is 0 Å². The number of pyridine rings is 1. The van der Waals surface area contributed by atoms with Gasteiger partial charge in [0.1, 0.15) is 0 Å². The van der Waals surface area contributed by atoms with Crippen LogP contribution in [-0.4, -0.2) is 10.1 Å². The maximum atomic E-state index is 8.94. The van der Waals surface area contributed by atoms with E-state index in [0.29, 0.717) is 0 Å². The summed E-state index contributed by atoms with van der Waals surface area (Å²) in [5, 5.41) is 8.94. The Morgan fingerprint density at radius 2 is 2.08 bits per heavy atom. The smallest absolute Gasteiger partial charge is 0.0853 e. The predicted molar refractivity (Wildman–Crippen MR) is 53.5 cm³/mol. The summed E-state index contributed by atoms with van der Waals surface area (Å²) < 4.78 is 0. The van der Waals surface area contributed by atoms with Gasteiger partial charge >= 0.3 is 0 Å². The standard InChI is InChI=1S/C11H17NO/c1-4-11(2,3)10-7-5-6-9(8-13)12-10/h5-7,13H,4,8H2,1-3H3. The molecule has 2 heteroatoms. The molecule has 0 unspecified atom stereocenters. The zero-order chi connectivity index (χ0) is 9.90. The molecule has 0 aliphatic carbocycles. The molecule has 1 rings (SSSR count). The molecule has 0 fully saturated rings. The lowest BCUT2D eigenvalue weighted by molar-refractivity contribution is 0.275. The van der Waals surface area contributed by atoms with Crippen LogP contribution in [0, 0.1) is 0 Å². The van der Waals surface area contributed by atoms with Crippen LogP contribution in [0.1, 0.15) is 38.6 Å². The molecule has 0 bridgehead atoms. The van der Waals surface area contributed by atoms with Gasteiger partial charge in [-0.15, -0.1) is 0 Å². The third-order valence-electron chi connectivity index (χ3n) is 2.55. The molecule has 1 aromatic rings. The van der Waals surface area contributed by atoms with Crippen LogP contribution >= 0.6 is 0 Å². The Bertz CT molecular complexity index is 281. The Balaban J connectivity index is 3.01. The minimum absolute atomic E-state index is 0.0215. The highest BCUT2D eigenvalue weighted by Crippen LogP contribution is 2.24. The summed E-state index contributed by atoms with van der Waals surface area (Å²) >= 11 is 0. The normalized spacial score (nSPS) is 11.7. The lowest BCUT2D eigenvalue weighted by atomic mass is 9.86. The van der Waals surface area contributed by atoms with Crippen LogP contribution in [0.5, 0.6) is 0 Å². The van der Waals surface area contributed by atoms with E-state index in [1.54, 1.807) is 0 Å². The molecule has 0 saturated carbocycles. The quantitative estimate of drug-likeness (QED) is 0.772. The maximum Gasteiger partial charge on any atom is 0.0853 e. The molecule has 1 N–H and O–H groups in total. The topological polar surface area (TPSA) is 33.1 Å². The van der Waals surface area contributed by atoms with Gasteiger partial charge in [-0.2, -0.15) is 0 Å². The second-order valence-corrected chi connectivity index (χ2v) is 3.91. The van der Waals surface area contributed by atoms with E-state index in [1.165, 1.54) is 0 Å². The molecule has 0 aromatic carbocycles. The maximum absolute atomic E-state index is 8.94. The lowest BCUT2D eigenvalue weighted by Gasteiger charge is -2.22. The van der Waals surface area contributed by atoms with Gasteiger partial charge in [-0.25, -0.2) is 0 Å². The van der Waals surface area contributed by atoms with Crippen molar-refractivity contribution in [2.45, 2.75) is 39.2 Å². The first-order valence-corrected chi connectivity index (χ1v) is 4.67. The zero-order valence-corrected chi connectivity index (χ0v) is 8.54. The minimum atomic E-state index is 0.0215. The van der Waals surface area contributed by atoms with Crippen molar-refractivity contribution in [3.63, 3.8) is 0 Å². The molecule has 0 aliphatic rings. The Morgan fingerprint density at radius 3 is 2.62 bits per heavy atom. The van der Waals surface area contributed by atoms with Crippen LogP contribution in [0.3, 0.4) is 0 Å². The fourth-order valence-electron chi connectivity index (χ4n) is 1.13. The molecule has 1 heterocycles. The highest BCUT2D eigenvalue weighted by molar-refractivity contribution is 5.17. The van der Waals surface area contributed by atoms with Gasteiger partial charge in [0.15, 0.2) is 0 Å². The number of aromatic nitrogens is 1. The van der Waals surface area contributed by atoms with Gasteiger partial charge in [0, 0.05) is 11.1 Å². The third kappa shape index (κ3) is 2.28. The van der Waals surface area contributed by atoms with Crippen LogP contribution in [0.25, 0.3) is 0 Å². The van der Waals surface area contributed by atoms with Crippen molar-refractivity contribution in [2.24, 2.45) is 0 Å². The van der Waals surface area contributed by atoms with E-state index in [4.69, 9.17) is 5.11 Å². The van der Waals surface area contributed by atoms with E-state index in [2.05, 4.69) is 25.8 Å². The summed E-state index contributed by atoms with van der Waals surface area (Å²) in [5.41, 5.74) is 1.91. The molecule has 0 saturated heterocycles. The van der Waals surface area contributed by atoms with E-state index in [-0.39, 0.29) is 12.0 Å². The summed E-state index contributed by atoms with van der Waals surface area (Å²) in [4.78, 5) is 4.38. The summed E-state index contributed by atoms with van der Waals surface area (Å²) in [7, 11) is 0. The summed E-state index contributed by atoms with van der Waals surface area (Å²) in [6.07, 6.45) is 1.05. The molecule has 0 radical (unpaired) electrons. The molecule has 0 aliphatic heterocycles. The average Bonchev–Trinajstić information content (AvgIpc) is 2.18. The van der Waals surface area contributed by atoms with Crippen LogP contribution in [0.15, 0.2) is 18.2 Å². The molecule has 13 heavy (non-hydrogen) atoms. The van der Waals surface area contributed by atoms with Gasteiger partial charge in [-0.1, -0.05) is 26.8 Å². The Morgan fingerprint density at radius 1 is 1.38 bits per heavy atom. The second-order valence-electron chi connectivity index (χ2n) is 3.91. The Labute approximate surface area is 79.6 Å². The number of hydrogen-bond donors (Lipinski definition) is 1. The molecule has 72 valence electrons. The Hall–Kier alpha value is -0.890. The number of aliphatic hydroxyl groups excluding tert-OH is 1. The van der Waals surface area contributed by atoms with Crippen molar-refractivity contribution in [3.05, 3.63) is 29.6 Å². The molecular weight excluding hydrogens is 162 g/mol. The molecule has 1 aromatic heterocycles. The second kappa shape index (κ2) is 3.88. The summed E-state index contributed by atoms with van der Waals surface area (Å²) in [6.45, 7) is 6.49. The van der Waals surface area contributed by atoms with E-state index >= 15 is 0 Å². The van der Waals surface area contributed by atoms with Crippen LogP contribution in [-0.2, 0) is 12.0 Å². The lowest BCUT2D eigenvalue weighted by Crippen LogP contribution is -2.17. The van der Waals surface area contributed by atoms with Crippen LogP contribution in [0.4, 0.5) is 0 Å². The third-order valence-corrected chi connectivity index (χ3v) is 2.55.